The van der Waals surface area contributed by atoms with Crippen LogP contribution < -0.4 is 16.0 Å². The first-order valence-electron chi connectivity index (χ1n) is 12.8. The fourth-order valence-electron chi connectivity index (χ4n) is 3.97. The van der Waals surface area contributed by atoms with Crippen molar-refractivity contribution in [3.8, 4) is 12.3 Å². The lowest BCUT2D eigenvalue weighted by Gasteiger charge is -2.16. The number of hydrogen-bond acceptors (Lipinski definition) is 8. The SMILES string of the molecule is C#CCNC(=O)CCOCCOCCOCCOCCCC(=O)CCCC[C@@H]1SC[C@@H]2NC(=O)N[C@@H]21. The van der Waals surface area contributed by atoms with E-state index in [2.05, 4.69) is 21.9 Å². The van der Waals surface area contributed by atoms with Crippen molar-refractivity contribution >= 4 is 29.5 Å². The van der Waals surface area contributed by atoms with E-state index in [4.69, 9.17) is 25.4 Å². The monoisotopic (exact) mass is 527 g/mol. The Balaban J connectivity index is 1.26. The number of terminal acetylenes is 1. The Hall–Kier alpha value is -1.84. The van der Waals surface area contributed by atoms with Crippen LogP contribution >= 0.6 is 11.8 Å². The summed E-state index contributed by atoms with van der Waals surface area (Å²) in [6.45, 7) is 3.89. The lowest BCUT2D eigenvalue weighted by atomic mass is 10.0. The zero-order chi connectivity index (χ0) is 25.8. The van der Waals surface area contributed by atoms with Gasteiger partial charge >= 0.3 is 6.03 Å². The van der Waals surface area contributed by atoms with E-state index in [1.165, 1.54) is 0 Å². The number of ether oxygens (including phenoxy) is 4. The van der Waals surface area contributed by atoms with Gasteiger partial charge in [0.25, 0.3) is 0 Å². The second-order valence-electron chi connectivity index (χ2n) is 8.69. The number of ketones is 1. The number of unbranched alkanes of at least 4 members (excludes halogenated alkanes) is 1. The van der Waals surface area contributed by atoms with Crippen molar-refractivity contribution < 1.29 is 33.3 Å². The molecule has 0 radical (unpaired) electrons. The summed E-state index contributed by atoms with van der Waals surface area (Å²) in [4.78, 5) is 34.8. The molecule has 0 spiro atoms. The fraction of sp³-hybridized carbons (Fsp3) is 0.800. The molecule has 0 bridgehead atoms. The van der Waals surface area contributed by atoms with Gasteiger partial charge in [0.2, 0.25) is 5.91 Å². The van der Waals surface area contributed by atoms with Crippen LogP contribution in [0.3, 0.4) is 0 Å². The van der Waals surface area contributed by atoms with E-state index in [0.29, 0.717) is 70.9 Å². The van der Waals surface area contributed by atoms with Crippen LogP contribution in [-0.2, 0) is 28.5 Å². The molecule has 0 aromatic carbocycles. The minimum atomic E-state index is -0.126. The van der Waals surface area contributed by atoms with Gasteiger partial charge in [-0.1, -0.05) is 12.3 Å². The lowest BCUT2D eigenvalue weighted by molar-refractivity contribution is -0.122. The van der Waals surface area contributed by atoms with Gasteiger partial charge in [-0.2, -0.15) is 11.8 Å². The minimum absolute atomic E-state index is 0.0520. The topological polar surface area (TPSA) is 124 Å². The van der Waals surface area contributed by atoms with Gasteiger partial charge in [0.15, 0.2) is 0 Å². The average molecular weight is 528 g/mol. The van der Waals surface area contributed by atoms with E-state index in [-0.39, 0.29) is 42.8 Å². The van der Waals surface area contributed by atoms with Crippen molar-refractivity contribution in [2.75, 3.05) is 65.2 Å². The molecule has 2 aliphatic rings. The number of carbonyl (C=O) groups is 3. The van der Waals surface area contributed by atoms with Crippen molar-refractivity contribution in [3.63, 3.8) is 0 Å². The third-order valence-electron chi connectivity index (χ3n) is 5.85. The van der Waals surface area contributed by atoms with E-state index in [1.807, 2.05) is 11.8 Å². The standard InChI is InChI=1S/C25H41N3O7S/c1-2-10-26-23(30)9-12-33-14-16-35-18-17-34-15-13-32-11-5-7-20(29)6-3-4-8-22-24-21(19-36-22)27-25(31)28-24/h1,21-22,24H,3-19H2,(H,26,30)(H2,27,28,31)/t21-,22-,24-/m0/s1. The molecule has 11 heteroatoms. The van der Waals surface area contributed by atoms with Crippen molar-refractivity contribution in [2.45, 2.75) is 62.3 Å². The van der Waals surface area contributed by atoms with Crippen molar-refractivity contribution in [1.29, 1.82) is 0 Å². The number of amides is 3. The van der Waals surface area contributed by atoms with Crippen molar-refractivity contribution in [1.82, 2.24) is 16.0 Å². The summed E-state index contributed by atoms with van der Waals surface area (Å²) >= 11 is 1.91. The maximum atomic E-state index is 12.1. The third kappa shape index (κ3) is 13.5. The number of carbonyl (C=O) groups excluding carboxylic acids is 3. The summed E-state index contributed by atoms with van der Waals surface area (Å²) in [5.74, 6) is 3.47. The Morgan fingerprint density at radius 1 is 0.889 bits per heavy atom. The molecule has 3 N–H and O–H groups in total. The summed E-state index contributed by atoms with van der Waals surface area (Å²) < 4.78 is 21.7. The lowest BCUT2D eigenvalue weighted by Crippen LogP contribution is -2.36. The van der Waals surface area contributed by atoms with Gasteiger partial charge in [-0.3, -0.25) is 9.59 Å². The molecule has 0 aliphatic carbocycles. The molecular weight excluding hydrogens is 486 g/mol. The number of rotatable bonds is 22. The second kappa shape index (κ2) is 19.3. The molecule has 2 aliphatic heterocycles. The summed E-state index contributed by atoms with van der Waals surface area (Å²) in [6.07, 6.45) is 10.2. The number of fused-ring (bicyclic) bond motifs is 1. The number of thioether (sulfide) groups is 1. The molecule has 3 amide bonds. The fourth-order valence-corrected chi connectivity index (χ4v) is 5.52. The summed E-state index contributed by atoms with van der Waals surface area (Å²) in [5.41, 5.74) is 0. The van der Waals surface area contributed by atoms with E-state index in [1.54, 1.807) is 0 Å². The molecule has 0 aromatic rings. The van der Waals surface area contributed by atoms with Crippen molar-refractivity contribution in [3.05, 3.63) is 0 Å². The van der Waals surface area contributed by atoms with Crippen LogP contribution in [-0.4, -0.2) is 100 Å². The number of Topliss-reactive ketones (excluding diaryl/α,β-unsaturated/α-hetero) is 1. The van der Waals surface area contributed by atoms with Gasteiger partial charge < -0.3 is 34.9 Å². The quantitative estimate of drug-likeness (QED) is 0.109. The zero-order valence-corrected chi connectivity index (χ0v) is 21.9. The Kier molecular flexibility index (Phi) is 16.3. The summed E-state index contributed by atoms with van der Waals surface area (Å²) in [7, 11) is 0. The van der Waals surface area contributed by atoms with E-state index in [0.717, 1.165) is 31.4 Å². The van der Waals surface area contributed by atoms with Crippen LogP contribution in [0.25, 0.3) is 0 Å². The molecule has 2 heterocycles. The Morgan fingerprint density at radius 2 is 1.53 bits per heavy atom. The first-order valence-corrected chi connectivity index (χ1v) is 13.9. The molecule has 36 heavy (non-hydrogen) atoms. The molecule has 3 atom stereocenters. The van der Waals surface area contributed by atoms with Crippen LogP contribution in [0.2, 0.25) is 0 Å². The third-order valence-corrected chi connectivity index (χ3v) is 7.36. The smallest absolute Gasteiger partial charge is 0.315 e. The van der Waals surface area contributed by atoms with Gasteiger partial charge in [-0.05, 0) is 19.3 Å². The molecule has 10 nitrogen and oxygen atoms in total. The van der Waals surface area contributed by atoms with Crippen LogP contribution in [0.4, 0.5) is 4.79 Å². The molecule has 0 unspecified atom stereocenters. The Morgan fingerprint density at radius 3 is 2.22 bits per heavy atom. The number of urea groups is 1. The van der Waals surface area contributed by atoms with Crippen LogP contribution in [0.15, 0.2) is 0 Å². The van der Waals surface area contributed by atoms with Gasteiger partial charge in [0.1, 0.15) is 5.78 Å². The molecule has 2 rings (SSSR count). The maximum absolute atomic E-state index is 12.1. The number of nitrogens with one attached hydrogen (secondary N) is 3. The predicted molar refractivity (Wildman–Crippen MR) is 138 cm³/mol. The predicted octanol–water partition coefficient (Wildman–Crippen LogP) is 1.27. The van der Waals surface area contributed by atoms with E-state index < -0.39 is 0 Å². The highest BCUT2D eigenvalue weighted by atomic mass is 32.2. The molecule has 2 fully saturated rings. The van der Waals surface area contributed by atoms with Crippen LogP contribution in [0.5, 0.6) is 0 Å². The number of hydrogen-bond donors (Lipinski definition) is 3. The molecule has 0 saturated carbocycles. The Labute approximate surface area is 218 Å². The van der Waals surface area contributed by atoms with Crippen LogP contribution in [0, 0.1) is 12.3 Å². The highest BCUT2D eigenvalue weighted by molar-refractivity contribution is 8.00. The maximum Gasteiger partial charge on any atom is 0.315 e. The highest BCUT2D eigenvalue weighted by Gasteiger charge is 2.42. The highest BCUT2D eigenvalue weighted by Crippen LogP contribution is 2.33. The van der Waals surface area contributed by atoms with Gasteiger partial charge in [0.05, 0.1) is 64.9 Å². The van der Waals surface area contributed by atoms with Crippen molar-refractivity contribution in [2.24, 2.45) is 0 Å². The molecule has 204 valence electrons. The average Bonchev–Trinajstić information content (AvgIpc) is 3.42. The largest absolute Gasteiger partial charge is 0.379 e. The summed E-state index contributed by atoms with van der Waals surface area (Å²) in [5, 5.41) is 8.98. The minimum Gasteiger partial charge on any atom is -0.379 e. The first kappa shape index (κ1) is 30.4. The first-order chi connectivity index (χ1) is 17.6. The van der Waals surface area contributed by atoms with Gasteiger partial charge in [0, 0.05) is 36.9 Å². The van der Waals surface area contributed by atoms with E-state index >= 15 is 0 Å². The van der Waals surface area contributed by atoms with Gasteiger partial charge in [-0.15, -0.1) is 6.42 Å². The summed E-state index contributed by atoms with van der Waals surface area (Å²) in [6, 6.07) is 0.448. The van der Waals surface area contributed by atoms with Gasteiger partial charge in [-0.25, -0.2) is 4.79 Å². The van der Waals surface area contributed by atoms with E-state index in [9.17, 15) is 14.4 Å². The normalized spacial score (nSPS) is 20.4. The molecule has 0 aromatic heterocycles. The zero-order valence-electron chi connectivity index (χ0n) is 21.1. The van der Waals surface area contributed by atoms with Crippen LogP contribution in [0.1, 0.15) is 44.9 Å². The molecule has 2 saturated heterocycles. The molecular formula is C25H41N3O7S. The second-order valence-corrected chi connectivity index (χ2v) is 9.96. The Bertz CT molecular complexity index is 704.